The minimum Gasteiger partial charge on any atom is -0.376 e. The largest absolute Gasteiger partial charge is 0.376 e. The minimum absolute atomic E-state index is 0.0375. The van der Waals surface area contributed by atoms with Crippen LogP contribution in [0.3, 0.4) is 0 Å². The van der Waals surface area contributed by atoms with Crippen LogP contribution in [0.4, 0.5) is 10.1 Å². The first-order valence-corrected chi connectivity index (χ1v) is 9.68. The second-order valence-electron chi connectivity index (χ2n) is 7.15. The number of aromatic nitrogens is 2. The number of benzene rings is 1. The first-order valence-electron chi connectivity index (χ1n) is 9.68. The van der Waals surface area contributed by atoms with Gasteiger partial charge in [0, 0.05) is 25.4 Å². The molecule has 0 saturated carbocycles. The van der Waals surface area contributed by atoms with E-state index in [0.29, 0.717) is 25.2 Å². The number of hydrogen-bond acceptors (Lipinski definition) is 4. The van der Waals surface area contributed by atoms with Crippen LogP contribution in [0.15, 0.2) is 24.3 Å². The number of fused-ring (bicyclic) bond motifs is 1. The number of amides is 2. The van der Waals surface area contributed by atoms with E-state index in [1.54, 1.807) is 6.07 Å². The lowest BCUT2D eigenvalue weighted by Gasteiger charge is -2.17. The molecule has 2 aliphatic rings. The Hall–Kier alpha value is -2.74. The highest BCUT2D eigenvalue weighted by molar-refractivity contribution is 6.05. The fraction of sp³-hybridized carbons (Fsp3) is 0.450. The van der Waals surface area contributed by atoms with E-state index in [2.05, 4.69) is 15.6 Å². The monoisotopic (exact) mass is 386 g/mol. The Bertz CT molecular complexity index is 890. The summed E-state index contributed by atoms with van der Waals surface area (Å²) in [7, 11) is 0. The SMILES string of the molecule is O=C(Nc1cccc(F)c1)c1nc(C(=O)NCC2CCCO2)n2c1CCCC2. The first kappa shape index (κ1) is 18.6. The standard InChI is InChI=1S/C20H23FN4O3/c21-13-5-3-6-14(11-13)23-19(26)17-16-8-1-2-9-25(16)18(24-17)20(27)22-12-15-7-4-10-28-15/h3,5-6,11,15H,1-2,4,7-10,12H2,(H,22,27)(H,23,26). The van der Waals surface area contributed by atoms with Gasteiger partial charge in [0.1, 0.15) is 5.82 Å². The quantitative estimate of drug-likeness (QED) is 0.827. The molecule has 0 spiro atoms. The highest BCUT2D eigenvalue weighted by Gasteiger charge is 2.28. The van der Waals surface area contributed by atoms with Gasteiger partial charge in [0.25, 0.3) is 11.8 Å². The van der Waals surface area contributed by atoms with Gasteiger partial charge >= 0.3 is 0 Å². The van der Waals surface area contributed by atoms with Crippen molar-refractivity contribution in [2.45, 2.75) is 44.8 Å². The Morgan fingerprint density at radius 1 is 1.25 bits per heavy atom. The van der Waals surface area contributed by atoms with Crippen molar-refractivity contribution < 1.29 is 18.7 Å². The summed E-state index contributed by atoms with van der Waals surface area (Å²) < 4.78 is 20.7. The van der Waals surface area contributed by atoms with Gasteiger partial charge in [-0.05, 0) is 50.3 Å². The topological polar surface area (TPSA) is 85.2 Å². The van der Waals surface area contributed by atoms with Crippen molar-refractivity contribution in [3.05, 3.63) is 47.3 Å². The molecule has 2 amide bonds. The normalized spacial score (nSPS) is 18.5. The van der Waals surface area contributed by atoms with Crippen LogP contribution in [0.2, 0.25) is 0 Å². The third-order valence-corrected chi connectivity index (χ3v) is 5.13. The van der Waals surface area contributed by atoms with Crippen molar-refractivity contribution in [2.75, 3.05) is 18.5 Å². The van der Waals surface area contributed by atoms with Crippen LogP contribution in [0.1, 0.15) is 52.5 Å². The average Bonchev–Trinajstić information content (AvgIpc) is 3.34. The van der Waals surface area contributed by atoms with Crippen molar-refractivity contribution in [3.63, 3.8) is 0 Å². The Morgan fingerprint density at radius 3 is 2.93 bits per heavy atom. The fourth-order valence-corrected chi connectivity index (χ4v) is 3.75. The molecule has 0 radical (unpaired) electrons. The molecular weight excluding hydrogens is 363 g/mol. The summed E-state index contributed by atoms with van der Waals surface area (Å²) in [5.74, 6) is -0.922. The summed E-state index contributed by atoms with van der Waals surface area (Å²) in [5, 5.41) is 5.54. The Kier molecular flexibility index (Phi) is 5.38. The van der Waals surface area contributed by atoms with Crippen LogP contribution >= 0.6 is 0 Å². The van der Waals surface area contributed by atoms with E-state index in [0.717, 1.165) is 38.0 Å². The predicted molar refractivity (Wildman–Crippen MR) is 101 cm³/mol. The number of anilines is 1. The molecule has 4 rings (SSSR count). The Morgan fingerprint density at radius 2 is 2.14 bits per heavy atom. The van der Waals surface area contributed by atoms with Crippen molar-refractivity contribution in [1.29, 1.82) is 0 Å². The second kappa shape index (κ2) is 8.10. The highest BCUT2D eigenvalue weighted by atomic mass is 19.1. The van der Waals surface area contributed by atoms with Crippen molar-refractivity contribution in [2.24, 2.45) is 0 Å². The smallest absolute Gasteiger partial charge is 0.287 e. The van der Waals surface area contributed by atoms with Crippen molar-refractivity contribution in [1.82, 2.24) is 14.9 Å². The third kappa shape index (κ3) is 3.91. The van der Waals surface area contributed by atoms with E-state index >= 15 is 0 Å². The number of imidazole rings is 1. The van der Waals surface area contributed by atoms with Gasteiger partial charge < -0.3 is 19.9 Å². The zero-order valence-corrected chi connectivity index (χ0v) is 15.5. The maximum Gasteiger partial charge on any atom is 0.287 e. The number of nitrogens with zero attached hydrogens (tertiary/aromatic N) is 2. The van der Waals surface area contributed by atoms with Gasteiger partial charge in [0.05, 0.1) is 11.8 Å². The van der Waals surface area contributed by atoms with E-state index in [4.69, 9.17) is 4.74 Å². The lowest BCUT2D eigenvalue weighted by molar-refractivity contribution is 0.0845. The number of rotatable bonds is 5. The predicted octanol–water partition coefficient (Wildman–Crippen LogP) is 2.52. The molecule has 1 atom stereocenters. The van der Waals surface area contributed by atoms with Crippen LogP contribution in [-0.2, 0) is 17.7 Å². The van der Waals surface area contributed by atoms with Gasteiger partial charge in [-0.3, -0.25) is 9.59 Å². The lowest BCUT2D eigenvalue weighted by Crippen LogP contribution is -2.34. The molecular formula is C20H23FN4O3. The molecule has 0 aliphatic carbocycles. The molecule has 28 heavy (non-hydrogen) atoms. The molecule has 2 aliphatic heterocycles. The van der Waals surface area contributed by atoms with Crippen molar-refractivity contribution >= 4 is 17.5 Å². The second-order valence-corrected chi connectivity index (χ2v) is 7.15. The average molecular weight is 386 g/mol. The summed E-state index contributed by atoms with van der Waals surface area (Å²) in [6.45, 7) is 1.81. The van der Waals surface area contributed by atoms with Crippen LogP contribution in [0, 0.1) is 5.82 Å². The van der Waals surface area contributed by atoms with E-state index in [1.165, 1.54) is 18.2 Å². The molecule has 1 fully saturated rings. The molecule has 1 saturated heterocycles. The minimum atomic E-state index is -0.436. The lowest BCUT2D eigenvalue weighted by atomic mass is 10.1. The van der Waals surface area contributed by atoms with Gasteiger partial charge in [0.2, 0.25) is 0 Å². The first-order chi connectivity index (χ1) is 13.6. The van der Waals surface area contributed by atoms with E-state index in [-0.39, 0.29) is 23.5 Å². The molecule has 2 aromatic rings. The van der Waals surface area contributed by atoms with E-state index in [1.807, 2.05) is 4.57 Å². The molecule has 7 nitrogen and oxygen atoms in total. The molecule has 0 bridgehead atoms. The van der Waals surface area contributed by atoms with Crippen LogP contribution in [0.5, 0.6) is 0 Å². The molecule has 1 aromatic carbocycles. The molecule has 3 heterocycles. The van der Waals surface area contributed by atoms with Gasteiger partial charge in [-0.25, -0.2) is 9.37 Å². The molecule has 1 aromatic heterocycles. The molecule has 148 valence electrons. The van der Waals surface area contributed by atoms with Gasteiger partial charge in [-0.2, -0.15) is 0 Å². The number of nitrogens with one attached hydrogen (secondary N) is 2. The van der Waals surface area contributed by atoms with Crippen LogP contribution in [-0.4, -0.2) is 40.6 Å². The number of ether oxygens (including phenoxy) is 1. The van der Waals surface area contributed by atoms with Gasteiger partial charge in [-0.1, -0.05) is 6.07 Å². The Balaban J connectivity index is 1.54. The van der Waals surface area contributed by atoms with E-state index < -0.39 is 11.7 Å². The summed E-state index contributed by atoms with van der Waals surface area (Å²) in [4.78, 5) is 29.8. The highest BCUT2D eigenvalue weighted by Crippen LogP contribution is 2.22. The summed E-state index contributed by atoms with van der Waals surface area (Å²) in [6, 6.07) is 5.69. The fourth-order valence-electron chi connectivity index (χ4n) is 3.75. The number of carbonyl (C=O) groups excluding carboxylic acids is 2. The molecule has 2 N–H and O–H groups in total. The zero-order chi connectivity index (χ0) is 19.5. The summed E-state index contributed by atoms with van der Waals surface area (Å²) >= 11 is 0. The summed E-state index contributed by atoms with van der Waals surface area (Å²) in [6.07, 6.45) is 4.52. The maximum atomic E-state index is 13.4. The number of hydrogen-bond donors (Lipinski definition) is 2. The zero-order valence-electron chi connectivity index (χ0n) is 15.5. The Labute approximate surface area is 162 Å². The van der Waals surface area contributed by atoms with Crippen LogP contribution in [0.25, 0.3) is 0 Å². The van der Waals surface area contributed by atoms with Crippen LogP contribution < -0.4 is 10.6 Å². The van der Waals surface area contributed by atoms with E-state index in [9.17, 15) is 14.0 Å². The van der Waals surface area contributed by atoms with Crippen molar-refractivity contribution in [3.8, 4) is 0 Å². The molecule has 1 unspecified atom stereocenters. The summed E-state index contributed by atoms with van der Waals surface area (Å²) in [5.41, 5.74) is 1.33. The van der Waals surface area contributed by atoms with Gasteiger partial charge in [0.15, 0.2) is 11.5 Å². The maximum absolute atomic E-state index is 13.4. The van der Waals surface area contributed by atoms with Gasteiger partial charge in [-0.15, -0.1) is 0 Å². The number of carbonyl (C=O) groups is 2. The number of halogens is 1. The third-order valence-electron chi connectivity index (χ3n) is 5.13. The molecule has 8 heteroatoms.